The zero-order valence-electron chi connectivity index (χ0n) is 8.85. The molecule has 0 atom stereocenters. The topological polar surface area (TPSA) is 3.88 Å². The van der Waals surface area contributed by atoms with Crippen molar-refractivity contribution in [2.45, 2.75) is 39.5 Å². The molecule has 0 saturated heterocycles. The Balaban J connectivity index is 2.60. The van der Waals surface area contributed by atoms with Crippen LogP contribution in [0.1, 0.15) is 35.4 Å². The van der Waals surface area contributed by atoms with Crippen LogP contribution in [0.2, 0.25) is 0 Å². The summed E-state index contributed by atoms with van der Waals surface area (Å²) in [5, 5.41) is 0. The lowest BCUT2D eigenvalue weighted by Crippen LogP contribution is -2.37. The van der Waals surface area contributed by atoms with Crippen LogP contribution in [-0.2, 0) is 19.9 Å². The van der Waals surface area contributed by atoms with Crippen molar-refractivity contribution in [1.82, 2.24) is 0 Å². The van der Waals surface area contributed by atoms with Crippen molar-refractivity contribution in [2.24, 2.45) is 7.05 Å². The lowest BCUT2D eigenvalue weighted by molar-refractivity contribution is -0.684. The first kappa shape index (κ1) is 8.74. The Morgan fingerprint density at radius 1 is 1.15 bits per heavy atom. The van der Waals surface area contributed by atoms with Gasteiger partial charge in [0.1, 0.15) is 7.05 Å². The number of nitrogens with zero attached hydrogens (tertiary/aromatic N) is 1. The zero-order chi connectivity index (χ0) is 9.42. The molecule has 2 rings (SSSR count). The van der Waals surface area contributed by atoms with Gasteiger partial charge in [0.05, 0.1) is 0 Å². The van der Waals surface area contributed by atoms with E-state index in [9.17, 15) is 0 Å². The van der Waals surface area contributed by atoms with Gasteiger partial charge in [-0.25, -0.2) is 4.57 Å². The minimum Gasteiger partial charge on any atom is -0.203 e. The normalized spacial score (nSPS) is 15.6. The highest BCUT2D eigenvalue weighted by Crippen LogP contribution is 2.22. The number of hydrogen-bond acceptors (Lipinski definition) is 0. The van der Waals surface area contributed by atoms with Crippen molar-refractivity contribution >= 4 is 0 Å². The number of aryl methyl sites for hydroxylation is 2. The van der Waals surface area contributed by atoms with Gasteiger partial charge in [-0.05, 0) is 31.2 Å². The van der Waals surface area contributed by atoms with Crippen molar-refractivity contribution in [1.29, 1.82) is 0 Å². The monoisotopic (exact) mass is 176 g/mol. The van der Waals surface area contributed by atoms with E-state index in [1.54, 1.807) is 11.1 Å². The predicted octanol–water partition coefficient (Wildman–Crippen LogP) is 2.01. The van der Waals surface area contributed by atoms with Crippen LogP contribution < -0.4 is 4.57 Å². The highest BCUT2D eigenvalue weighted by molar-refractivity contribution is 5.30. The highest BCUT2D eigenvalue weighted by atomic mass is 14.9. The van der Waals surface area contributed by atoms with Gasteiger partial charge in [0.15, 0.2) is 11.4 Å². The Labute approximate surface area is 80.4 Å². The maximum atomic E-state index is 2.36. The minimum absolute atomic E-state index is 1.29. The van der Waals surface area contributed by atoms with Gasteiger partial charge >= 0.3 is 0 Å². The molecule has 0 aliphatic heterocycles. The van der Waals surface area contributed by atoms with Crippen LogP contribution in [0.5, 0.6) is 0 Å². The number of aromatic nitrogens is 1. The fourth-order valence-corrected chi connectivity index (χ4v) is 2.32. The summed E-state index contributed by atoms with van der Waals surface area (Å²) in [4.78, 5) is 0. The molecule has 1 aromatic rings. The first-order valence-corrected chi connectivity index (χ1v) is 5.18. The van der Waals surface area contributed by atoms with Crippen molar-refractivity contribution in [3.63, 3.8) is 0 Å². The SMILES string of the molecule is Cc1cc2c(c(C)[n+]1C)CCCC2. The summed E-state index contributed by atoms with van der Waals surface area (Å²) >= 11 is 0. The second kappa shape index (κ2) is 3.13. The van der Waals surface area contributed by atoms with Crippen LogP contribution in [0.25, 0.3) is 0 Å². The van der Waals surface area contributed by atoms with Gasteiger partial charge in [0.25, 0.3) is 0 Å². The molecule has 0 spiro atoms. The summed E-state index contributed by atoms with van der Waals surface area (Å²) in [7, 11) is 2.17. The first-order valence-electron chi connectivity index (χ1n) is 5.18. The van der Waals surface area contributed by atoms with E-state index in [0.717, 1.165) is 0 Å². The van der Waals surface area contributed by atoms with Gasteiger partial charge in [-0.2, -0.15) is 0 Å². The van der Waals surface area contributed by atoms with Crippen molar-refractivity contribution < 1.29 is 4.57 Å². The Bertz CT molecular complexity index is 339. The van der Waals surface area contributed by atoms with Gasteiger partial charge in [0, 0.05) is 25.5 Å². The largest absolute Gasteiger partial charge is 0.203 e. The third-order valence-electron chi connectivity index (χ3n) is 3.36. The second-order valence-electron chi connectivity index (χ2n) is 4.14. The van der Waals surface area contributed by atoms with Gasteiger partial charge in [-0.3, -0.25) is 0 Å². The zero-order valence-corrected chi connectivity index (χ0v) is 8.85. The predicted molar refractivity (Wildman–Crippen MR) is 53.7 cm³/mol. The van der Waals surface area contributed by atoms with Crippen molar-refractivity contribution in [2.75, 3.05) is 0 Å². The van der Waals surface area contributed by atoms with E-state index in [1.165, 1.54) is 37.1 Å². The average molecular weight is 176 g/mol. The van der Waals surface area contributed by atoms with E-state index in [-0.39, 0.29) is 0 Å². The molecule has 70 valence electrons. The summed E-state index contributed by atoms with van der Waals surface area (Å²) in [6.07, 6.45) is 5.32. The Kier molecular flexibility index (Phi) is 2.10. The van der Waals surface area contributed by atoms with Crippen molar-refractivity contribution in [3.05, 3.63) is 28.6 Å². The maximum absolute atomic E-state index is 2.36. The number of hydrogen-bond donors (Lipinski definition) is 0. The quantitative estimate of drug-likeness (QED) is 0.532. The Morgan fingerprint density at radius 2 is 1.85 bits per heavy atom. The molecule has 1 aromatic heterocycles. The summed E-state index contributed by atoms with van der Waals surface area (Å²) in [6, 6.07) is 2.36. The number of rotatable bonds is 0. The Morgan fingerprint density at radius 3 is 2.62 bits per heavy atom. The lowest BCUT2D eigenvalue weighted by Gasteiger charge is -2.16. The standard InChI is InChI=1S/C12H18N/c1-9-8-11-6-4-5-7-12(11)10(2)13(9)3/h8H,4-7H2,1-3H3/q+1. The van der Waals surface area contributed by atoms with Crippen molar-refractivity contribution in [3.8, 4) is 0 Å². The average Bonchev–Trinajstić information content (AvgIpc) is 2.15. The molecule has 0 unspecified atom stereocenters. The second-order valence-corrected chi connectivity index (χ2v) is 4.14. The van der Waals surface area contributed by atoms with E-state index in [4.69, 9.17) is 0 Å². The molecule has 0 amide bonds. The third-order valence-corrected chi connectivity index (χ3v) is 3.36. The molecule has 1 aliphatic carbocycles. The molecule has 0 fully saturated rings. The lowest BCUT2D eigenvalue weighted by atomic mass is 9.90. The first-order chi connectivity index (χ1) is 6.20. The molecule has 1 heterocycles. The van der Waals surface area contributed by atoms with Gasteiger partial charge in [0.2, 0.25) is 0 Å². The van der Waals surface area contributed by atoms with Crippen LogP contribution in [-0.4, -0.2) is 0 Å². The molecule has 0 N–H and O–H groups in total. The van der Waals surface area contributed by atoms with Crippen LogP contribution in [0.3, 0.4) is 0 Å². The number of pyridine rings is 1. The minimum atomic E-state index is 1.29. The van der Waals surface area contributed by atoms with Crippen LogP contribution in [0.4, 0.5) is 0 Å². The van der Waals surface area contributed by atoms with Gasteiger partial charge in [-0.15, -0.1) is 0 Å². The molecule has 0 aromatic carbocycles. The third kappa shape index (κ3) is 1.37. The van der Waals surface area contributed by atoms with Crippen LogP contribution in [0, 0.1) is 13.8 Å². The van der Waals surface area contributed by atoms with E-state index in [1.807, 2.05) is 0 Å². The smallest absolute Gasteiger partial charge is 0.181 e. The summed E-state index contributed by atoms with van der Waals surface area (Å²) in [6.45, 7) is 4.44. The van der Waals surface area contributed by atoms with E-state index >= 15 is 0 Å². The fourth-order valence-electron chi connectivity index (χ4n) is 2.32. The molecule has 13 heavy (non-hydrogen) atoms. The molecule has 0 bridgehead atoms. The molecule has 1 heteroatoms. The highest BCUT2D eigenvalue weighted by Gasteiger charge is 2.19. The van der Waals surface area contributed by atoms with Gasteiger partial charge < -0.3 is 0 Å². The molecular weight excluding hydrogens is 158 g/mol. The summed E-state index contributed by atoms with van der Waals surface area (Å²) in [5.74, 6) is 0. The molecule has 1 aliphatic rings. The molecular formula is C12H18N+. The Hall–Kier alpha value is -0.850. The van der Waals surface area contributed by atoms with Crippen LogP contribution >= 0.6 is 0 Å². The maximum Gasteiger partial charge on any atom is 0.181 e. The van der Waals surface area contributed by atoms with E-state index < -0.39 is 0 Å². The molecule has 0 radical (unpaired) electrons. The molecule has 1 nitrogen and oxygen atoms in total. The summed E-state index contributed by atoms with van der Waals surface area (Å²) < 4.78 is 2.31. The number of fused-ring (bicyclic) bond motifs is 1. The van der Waals surface area contributed by atoms with Crippen LogP contribution in [0.15, 0.2) is 6.07 Å². The fraction of sp³-hybridized carbons (Fsp3) is 0.583. The van der Waals surface area contributed by atoms with Gasteiger partial charge in [-0.1, -0.05) is 0 Å². The van der Waals surface area contributed by atoms with E-state index in [2.05, 4.69) is 31.5 Å². The summed E-state index contributed by atoms with van der Waals surface area (Å²) in [5.41, 5.74) is 6.06. The van der Waals surface area contributed by atoms with E-state index in [0.29, 0.717) is 0 Å². The molecule has 0 saturated carbocycles.